The minimum atomic E-state index is 0.336. The van der Waals surface area contributed by atoms with Gasteiger partial charge < -0.3 is 10.1 Å². The topological polar surface area (TPSA) is 24.5 Å². The summed E-state index contributed by atoms with van der Waals surface area (Å²) in [6.07, 6.45) is 8.08. The zero-order valence-electron chi connectivity index (χ0n) is 13.1. The van der Waals surface area contributed by atoms with Gasteiger partial charge in [0.05, 0.1) is 6.10 Å². The smallest absolute Gasteiger partial charge is 0.0588 e. The minimum Gasteiger partial charge on any atom is -0.378 e. The van der Waals surface area contributed by atoms with Gasteiger partial charge in [0.2, 0.25) is 0 Å². The van der Waals surface area contributed by atoms with Crippen LogP contribution in [0.4, 0.5) is 0 Å². The molecule has 2 fully saturated rings. The number of ether oxygens (including phenoxy) is 1. The Morgan fingerprint density at radius 2 is 2.16 bits per heavy atom. The maximum atomic E-state index is 5.78. The fraction of sp³-hybridized carbons (Fsp3) is 1.00. The van der Waals surface area contributed by atoms with Crippen molar-refractivity contribution in [3.05, 3.63) is 0 Å². The molecule has 0 aromatic carbocycles. The molecule has 3 atom stereocenters. The summed E-state index contributed by atoms with van der Waals surface area (Å²) in [6, 6.07) is 0.689. The normalized spacial score (nSPS) is 36.8. The molecule has 3 unspecified atom stereocenters. The highest BCUT2D eigenvalue weighted by atomic mass is 16.5. The number of rotatable bonds is 6. The summed E-state index contributed by atoms with van der Waals surface area (Å²) < 4.78 is 5.78. The maximum absolute atomic E-state index is 5.78. The highest BCUT2D eigenvalue weighted by Gasteiger charge is 2.36. The fourth-order valence-corrected chi connectivity index (χ4v) is 3.45. The Balaban J connectivity index is 1.87. The average molecular weight is 268 g/mol. The van der Waals surface area contributed by atoms with Crippen LogP contribution in [0.5, 0.6) is 0 Å². The molecular formula is C16H32N2O. The van der Waals surface area contributed by atoms with Gasteiger partial charge in [-0.3, -0.25) is 4.90 Å². The highest BCUT2D eigenvalue weighted by Crippen LogP contribution is 2.25. The van der Waals surface area contributed by atoms with Gasteiger partial charge in [0.25, 0.3) is 0 Å². The minimum absolute atomic E-state index is 0.336. The van der Waals surface area contributed by atoms with Gasteiger partial charge in [0.1, 0.15) is 0 Å². The molecule has 0 amide bonds. The second-order valence-corrected chi connectivity index (χ2v) is 6.59. The molecule has 2 heterocycles. The highest BCUT2D eigenvalue weighted by molar-refractivity contribution is 4.95. The molecule has 0 aromatic heterocycles. The van der Waals surface area contributed by atoms with Gasteiger partial charge in [-0.05, 0) is 39.0 Å². The lowest BCUT2D eigenvalue weighted by Gasteiger charge is -2.48. The summed E-state index contributed by atoms with van der Waals surface area (Å²) >= 11 is 0. The van der Waals surface area contributed by atoms with Crippen molar-refractivity contribution in [1.29, 1.82) is 0 Å². The number of nitrogens with one attached hydrogen (secondary N) is 1. The van der Waals surface area contributed by atoms with Gasteiger partial charge in [-0.15, -0.1) is 0 Å². The van der Waals surface area contributed by atoms with E-state index in [1.165, 1.54) is 51.6 Å². The van der Waals surface area contributed by atoms with Crippen LogP contribution in [0.3, 0.4) is 0 Å². The Morgan fingerprint density at radius 1 is 1.32 bits per heavy atom. The van der Waals surface area contributed by atoms with Crippen molar-refractivity contribution >= 4 is 0 Å². The number of hydrogen-bond acceptors (Lipinski definition) is 3. The van der Waals surface area contributed by atoms with Gasteiger partial charge in [-0.2, -0.15) is 0 Å². The van der Waals surface area contributed by atoms with Crippen LogP contribution in [0, 0.1) is 0 Å². The van der Waals surface area contributed by atoms with Crippen LogP contribution in [0.15, 0.2) is 0 Å². The van der Waals surface area contributed by atoms with Crippen molar-refractivity contribution in [2.24, 2.45) is 0 Å². The zero-order valence-corrected chi connectivity index (χ0v) is 13.1. The van der Waals surface area contributed by atoms with E-state index in [4.69, 9.17) is 4.74 Å². The lowest BCUT2D eigenvalue weighted by atomic mass is 9.90. The Morgan fingerprint density at radius 3 is 2.79 bits per heavy atom. The van der Waals surface area contributed by atoms with E-state index < -0.39 is 0 Å². The second-order valence-electron chi connectivity index (χ2n) is 6.59. The van der Waals surface area contributed by atoms with E-state index in [0.29, 0.717) is 17.7 Å². The van der Waals surface area contributed by atoms with Crippen molar-refractivity contribution in [2.45, 2.75) is 77.0 Å². The average Bonchev–Trinajstić information content (AvgIpc) is 2.93. The van der Waals surface area contributed by atoms with E-state index in [2.05, 4.69) is 31.0 Å². The molecule has 2 aliphatic heterocycles. The third-order valence-corrected chi connectivity index (χ3v) is 5.12. The SMILES string of the molecule is CCCC1CN(CCC2CCCO2)C(C)(CC)CN1. The first-order valence-corrected chi connectivity index (χ1v) is 8.28. The Hall–Kier alpha value is -0.120. The Bertz CT molecular complexity index is 265. The molecule has 3 heteroatoms. The van der Waals surface area contributed by atoms with E-state index >= 15 is 0 Å². The van der Waals surface area contributed by atoms with Crippen molar-refractivity contribution in [2.75, 3.05) is 26.2 Å². The molecule has 0 radical (unpaired) electrons. The predicted molar refractivity (Wildman–Crippen MR) is 80.6 cm³/mol. The van der Waals surface area contributed by atoms with Gasteiger partial charge in [-0.1, -0.05) is 20.3 Å². The molecule has 2 rings (SSSR count). The summed E-state index contributed by atoms with van der Waals surface area (Å²) in [5, 5.41) is 3.75. The van der Waals surface area contributed by atoms with Crippen molar-refractivity contribution < 1.29 is 4.74 Å². The first-order chi connectivity index (χ1) is 9.18. The molecule has 0 bridgehead atoms. The lowest BCUT2D eigenvalue weighted by molar-refractivity contribution is 0.0259. The summed E-state index contributed by atoms with van der Waals surface area (Å²) in [5.41, 5.74) is 0.336. The summed E-state index contributed by atoms with van der Waals surface area (Å²) in [4.78, 5) is 2.73. The second kappa shape index (κ2) is 7.05. The van der Waals surface area contributed by atoms with Crippen LogP contribution in [0.1, 0.15) is 59.3 Å². The van der Waals surface area contributed by atoms with Crippen molar-refractivity contribution in [3.8, 4) is 0 Å². The van der Waals surface area contributed by atoms with Crippen LogP contribution in [-0.4, -0.2) is 48.8 Å². The quantitative estimate of drug-likeness (QED) is 0.801. The summed E-state index contributed by atoms with van der Waals surface area (Å²) in [5.74, 6) is 0. The van der Waals surface area contributed by atoms with E-state index in [0.717, 1.165) is 13.2 Å². The fourth-order valence-electron chi connectivity index (χ4n) is 3.45. The predicted octanol–water partition coefficient (Wildman–Crippen LogP) is 2.80. The largest absolute Gasteiger partial charge is 0.378 e. The third kappa shape index (κ3) is 3.93. The first-order valence-electron chi connectivity index (χ1n) is 8.28. The Labute approximate surface area is 119 Å². The van der Waals surface area contributed by atoms with Gasteiger partial charge in [0, 0.05) is 37.8 Å². The molecule has 0 spiro atoms. The molecule has 0 aliphatic carbocycles. The monoisotopic (exact) mass is 268 g/mol. The van der Waals surface area contributed by atoms with Gasteiger partial charge >= 0.3 is 0 Å². The molecule has 112 valence electrons. The molecule has 2 aliphatic rings. The van der Waals surface area contributed by atoms with Crippen LogP contribution in [0.25, 0.3) is 0 Å². The van der Waals surface area contributed by atoms with Crippen LogP contribution < -0.4 is 5.32 Å². The Kier molecular flexibility index (Phi) is 5.67. The van der Waals surface area contributed by atoms with Gasteiger partial charge in [0.15, 0.2) is 0 Å². The summed E-state index contributed by atoms with van der Waals surface area (Å²) in [6.45, 7) is 11.6. The van der Waals surface area contributed by atoms with Crippen molar-refractivity contribution in [3.63, 3.8) is 0 Å². The lowest BCUT2D eigenvalue weighted by Crippen LogP contribution is -2.63. The number of hydrogen-bond donors (Lipinski definition) is 1. The molecular weight excluding hydrogens is 236 g/mol. The molecule has 0 aromatic rings. The maximum Gasteiger partial charge on any atom is 0.0588 e. The van der Waals surface area contributed by atoms with Crippen molar-refractivity contribution in [1.82, 2.24) is 10.2 Å². The van der Waals surface area contributed by atoms with E-state index in [9.17, 15) is 0 Å². The van der Waals surface area contributed by atoms with E-state index in [1.54, 1.807) is 0 Å². The molecule has 1 N–H and O–H groups in total. The van der Waals surface area contributed by atoms with E-state index in [-0.39, 0.29) is 0 Å². The number of nitrogens with zero attached hydrogens (tertiary/aromatic N) is 1. The zero-order chi connectivity index (χ0) is 13.7. The first kappa shape index (κ1) is 15.3. The van der Waals surface area contributed by atoms with Crippen LogP contribution >= 0.6 is 0 Å². The van der Waals surface area contributed by atoms with Crippen LogP contribution in [0.2, 0.25) is 0 Å². The van der Waals surface area contributed by atoms with Crippen LogP contribution in [-0.2, 0) is 4.74 Å². The van der Waals surface area contributed by atoms with E-state index in [1.807, 2.05) is 0 Å². The summed E-state index contributed by atoms with van der Waals surface area (Å²) in [7, 11) is 0. The molecule has 19 heavy (non-hydrogen) atoms. The third-order valence-electron chi connectivity index (χ3n) is 5.12. The number of piperazine rings is 1. The van der Waals surface area contributed by atoms with Gasteiger partial charge in [-0.25, -0.2) is 0 Å². The molecule has 3 nitrogen and oxygen atoms in total. The molecule has 0 saturated carbocycles. The standard InChI is InChI=1S/C16H32N2O/c1-4-7-14-12-18(16(3,5-2)13-17-14)10-9-15-8-6-11-19-15/h14-15,17H,4-13H2,1-3H3. The molecule has 2 saturated heterocycles.